The quantitative estimate of drug-likeness (QED) is 0.631. The summed E-state index contributed by atoms with van der Waals surface area (Å²) in [6.07, 6.45) is 0. The molecular weight excluding hydrogens is 166 g/mol. The minimum absolute atomic E-state index is 0.112. The average molecular weight is 185 g/mol. The molecule has 0 saturated carbocycles. The lowest BCUT2D eigenvalue weighted by Crippen LogP contribution is -2.59. The highest BCUT2D eigenvalue weighted by molar-refractivity contribution is 5.80. The maximum absolute atomic E-state index is 11.2. The van der Waals surface area contributed by atoms with Crippen molar-refractivity contribution in [2.75, 3.05) is 26.7 Å². The number of hydrogen-bond acceptors (Lipinski definition) is 3. The molecule has 0 aromatic heterocycles. The predicted octanol–water partition coefficient (Wildman–Crippen LogP) is -0.504. The Balaban J connectivity index is 2.66. The van der Waals surface area contributed by atoms with Gasteiger partial charge in [0.25, 0.3) is 0 Å². The van der Waals surface area contributed by atoms with Crippen molar-refractivity contribution in [3.63, 3.8) is 0 Å². The van der Waals surface area contributed by atoms with Gasteiger partial charge in [-0.2, -0.15) is 0 Å². The molecule has 0 aliphatic carbocycles. The van der Waals surface area contributed by atoms with Crippen LogP contribution >= 0.6 is 0 Å². The van der Waals surface area contributed by atoms with Crippen LogP contribution in [0.3, 0.4) is 0 Å². The number of nitrogens with two attached hydrogens (primary N) is 1. The third kappa shape index (κ3) is 2.42. The van der Waals surface area contributed by atoms with Crippen molar-refractivity contribution in [3.8, 4) is 0 Å². The summed E-state index contributed by atoms with van der Waals surface area (Å²) in [5, 5.41) is 0. The van der Waals surface area contributed by atoms with Gasteiger partial charge in [0.1, 0.15) is 6.04 Å². The summed E-state index contributed by atoms with van der Waals surface area (Å²) in [7, 11) is 2.02. The van der Waals surface area contributed by atoms with Gasteiger partial charge in [0.05, 0.1) is 0 Å². The smallest absolute Gasteiger partial charge is 0.236 e. The van der Waals surface area contributed by atoms with Gasteiger partial charge in [-0.25, -0.2) is 0 Å². The zero-order valence-electron chi connectivity index (χ0n) is 8.66. The van der Waals surface area contributed by atoms with Crippen molar-refractivity contribution in [1.29, 1.82) is 0 Å². The number of carbonyl (C=O) groups excluding carboxylic acids is 1. The van der Waals surface area contributed by atoms with Gasteiger partial charge in [-0.05, 0) is 20.9 Å². The van der Waals surface area contributed by atoms with Crippen molar-refractivity contribution in [1.82, 2.24) is 9.80 Å². The Morgan fingerprint density at radius 3 is 2.54 bits per heavy atom. The van der Waals surface area contributed by atoms with Crippen molar-refractivity contribution in [2.45, 2.75) is 25.9 Å². The molecule has 0 bridgehead atoms. The first-order valence-electron chi connectivity index (χ1n) is 4.76. The molecule has 1 fully saturated rings. The van der Waals surface area contributed by atoms with Gasteiger partial charge in [0, 0.05) is 25.7 Å². The van der Waals surface area contributed by atoms with Crippen LogP contribution in [0.1, 0.15) is 13.8 Å². The lowest BCUT2D eigenvalue weighted by Gasteiger charge is -2.40. The number of carbonyl (C=O) groups is 1. The standard InChI is InChI=1S/C9H19N3O/c1-7(2)12-5-4-11(3)6-8(12)9(10)13/h7-8H,4-6H2,1-3H3,(H2,10,13)/t8-/m1/s1. The van der Waals surface area contributed by atoms with Gasteiger partial charge in [0.15, 0.2) is 0 Å². The highest BCUT2D eigenvalue weighted by atomic mass is 16.1. The first-order chi connectivity index (χ1) is 6.02. The molecule has 1 heterocycles. The third-order valence-corrected chi connectivity index (χ3v) is 2.62. The van der Waals surface area contributed by atoms with E-state index in [2.05, 4.69) is 23.6 Å². The molecule has 1 aliphatic rings. The van der Waals surface area contributed by atoms with Crippen LogP contribution in [0.15, 0.2) is 0 Å². The number of hydrogen-bond donors (Lipinski definition) is 1. The number of rotatable bonds is 2. The molecule has 1 rings (SSSR count). The maximum Gasteiger partial charge on any atom is 0.236 e. The Kier molecular flexibility index (Phi) is 3.27. The van der Waals surface area contributed by atoms with Gasteiger partial charge < -0.3 is 10.6 Å². The summed E-state index contributed by atoms with van der Waals surface area (Å²) < 4.78 is 0. The van der Waals surface area contributed by atoms with Crippen LogP contribution in [0.25, 0.3) is 0 Å². The monoisotopic (exact) mass is 185 g/mol. The van der Waals surface area contributed by atoms with E-state index < -0.39 is 0 Å². The Hall–Kier alpha value is -0.610. The fourth-order valence-corrected chi connectivity index (χ4v) is 1.80. The first-order valence-corrected chi connectivity index (χ1v) is 4.76. The van der Waals surface area contributed by atoms with Gasteiger partial charge in [-0.15, -0.1) is 0 Å². The molecule has 2 N–H and O–H groups in total. The molecule has 0 aromatic rings. The largest absolute Gasteiger partial charge is 0.368 e. The van der Waals surface area contributed by atoms with E-state index in [0.29, 0.717) is 6.04 Å². The van der Waals surface area contributed by atoms with E-state index in [-0.39, 0.29) is 11.9 Å². The molecule has 1 atom stereocenters. The van der Waals surface area contributed by atoms with Crippen LogP contribution in [0.5, 0.6) is 0 Å². The zero-order chi connectivity index (χ0) is 10.0. The van der Waals surface area contributed by atoms with Gasteiger partial charge in [0.2, 0.25) is 5.91 Å². The molecular formula is C9H19N3O. The van der Waals surface area contributed by atoms with E-state index in [1.165, 1.54) is 0 Å². The van der Waals surface area contributed by atoms with Crippen molar-refractivity contribution < 1.29 is 4.79 Å². The summed E-state index contributed by atoms with van der Waals surface area (Å²) in [5.41, 5.74) is 5.35. The SMILES string of the molecule is CC(C)N1CCN(C)C[C@@H]1C(N)=O. The minimum atomic E-state index is -0.208. The lowest BCUT2D eigenvalue weighted by atomic mass is 10.1. The van der Waals surface area contributed by atoms with Crippen LogP contribution in [-0.4, -0.2) is 54.5 Å². The van der Waals surface area contributed by atoms with E-state index in [0.717, 1.165) is 19.6 Å². The summed E-state index contributed by atoms with van der Waals surface area (Å²) in [5.74, 6) is -0.208. The Morgan fingerprint density at radius 2 is 2.08 bits per heavy atom. The van der Waals surface area contributed by atoms with Crippen LogP contribution in [-0.2, 0) is 4.79 Å². The molecule has 4 nitrogen and oxygen atoms in total. The number of amides is 1. The van der Waals surface area contributed by atoms with Gasteiger partial charge >= 0.3 is 0 Å². The highest BCUT2D eigenvalue weighted by Crippen LogP contribution is 2.11. The molecule has 4 heteroatoms. The van der Waals surface area contributed by atoms with E-state index in [4.69, 9.17) is 5.73 Å². The van der Waals surface area contributed by atoms with E-state index in [1.54, 1.807) is 0 Å². The second kappa shape index (κ2) is 4.07. The Bertz CT molecular complexity index is 193. The second-order valence-corrected chi connectivity index (χ2v) is 4.01. The third-order valence-electron chi connectivity index (χ3n) is 2.62. The molecule has 0 radical (unpaired) electrons. The van der Waals surface area contributed by atoms with Crippen LogP contribution in [0.2, 0.25) is 0 Å². The molecule has 1 aliphatic heterocycles. The van der Waals surface area contributed by atoms with Gasteiger partial charge in [-0.3, -0.25) is 9.69 Å². The summed E-state index contributed by atoms with van der Waals surface area (Å²) in [6, 6.07) is 0.282. The van der Waals surface area contributed by atoms with Crippen LogP contribution in [0.4, 0.5) is 0 Å². The van der Waals surface area contributed by atoms with Crippen LogP contribution < -0.4 is 5.73 Å². The summed E-state index contributed by atoms with van der Waals surface area (Å²) >= 11 is 0. The number of piperazine rings is 1. The summed E-state index contributed by atoms with van der Waals surface area (Å²) in [4.78, 5) is 15.5. The molecule has 13 heavy (non-hydrogen) atoms. The van der Waals surface area contributed by atoms with E-state index >= 15 is 0 Å². The first kappa shape index (κ1) is 10.5. The topological polar surface area (TPSA) is 49.6 Å². The van der Waals surface area contributed by atoms with Crippen molar-refractivity contribution in [2.24, 2.45) is 5.73 Å². The molecule has 1 saturated heterocycles. The fourth-order valence-electron chi connectivity index (χ4n) is 1.80. The fraction of sp³-hybridized carbons (Fsp3) is 0.889. The molecule has 0 unspecified atom stereocenters. The number of nitrogens with zero attached hydrogens (tertiary/aromatic N) is 2. The predicted molar refractivity (Wildman–Crippen MR) is 52.3 cm³/mol. The van der Waals surface area contributed by atoms with Gasteiger partial charge in [-0.1, -0.05) is 0 Å². The minimum Gasteiger partial charge on any atom is -0.368 e. The highest BCUT2D eigenvalue weighted by Gasteiger charge is 2.30. The maximum atomic E-state index is 11.2. The Labute approximate surface area is 79.7 Å². The summed E-state index contributed by atoms with van der Waals surface area (Å²) in [6.45, 7) is 6.90. The lowest BCUT2D eigenvalue weighted by molar-refractivity contribution is -0.126. The molecule has 1 amide bonds. The molecule has 76 valence electrons. The normalized spacial score (nSPS) is 26.6. The average Bonchev–Trinajstić information content (AvgIpc) is 2.03. The van der Waals surface area contributed by atoms with Crippen LogP contribution in [0, 0.1) is 0 Å². The number of primary amides is 1. The van der Waals surface area contributed by atoms with Crippen molar-refractivity contribution >= 4 is 5.91 Å². The Morgan fingerprint density at radius 1 is 1.46 bits per heavy atom. The second-order valence-electron chi connectivity index (χ2n) is 4.01. The molecule has 0 aromatic carbocycles. The van der Waals surface area contributed by atoms with E-state index in [9.17, 15) is 4.79 Å². The number of likely N-dealkylation sites (N-methyl/N-ethyl adjacent to an activating group) is 1. The zero-order valence-corrected chi connectivity index (χ0v) is 8.66. The molecule has 0 spiro atoms. The van der Waals surface area contributed by atoms with E-state index in [1.807, 2.05) is 7.05 Å². The van der Waals surface area contributed by atoms with Crippen molar-refractivity contribution in [3.05, 3.63) is 0 Å².